The van der Waals surface area contributed by atoms with E-state index in [1.807, 2.05) is 12.1 Å². The predicted molar refractivity (Wildman–Crippen MR) is 56.9 cm³/mol. The van der Waals surface area contributed by atoms with Crippen LogP contribution >= 0.6 is 11.6 Å². The van der Waals surface area contributed by atoms with E-state index in [4.69, 9.17) is 22.4 Å². The third-order valence-corrected chi connectivity index (χ3v) is 2.96. The van der Waals surface area contributed by atoms with Gasteiger partial charge in [-0.25, -0.2) is 4.79 Å². The SMILES string of the molecule is NC1C(c2ccc(Cl)cc2)CN1C(=O)O. The summed E-state index contributed by atoms with van der Waals surface area (Å²) in [5.41, 5.74) is 6.78. The number of nitrogens with zero attached hydrogens (tertiary/aromatic N) is 1. The van der Waals surface area contributed by atoms with Crippen LogP contribution in [0.15, 0.2) is 24.3 Å². The number of nitrogens with two attached hydrogens (primary N) is 1. The lowest BCUT2D eigenvalue weighted by molar-refractivity contribution is 0.0590. The van der Waals surface area contributed by atoms with E-state index in [2.05, 4.69) is 0 Å². The summed E-state index contributed by atoms with van der Waals surface area (Å²) in [6, 6.07) is 7.33. The van der Waals surface area contributed by atoms with Crippen LogP contribution in [0.4, 0.5) is 4.79 Å². The van der Waals surface area contributed by atoms with Gasteiger partial charge in [-0.3, -0.25) is 4.90 Å². The Kier molecular flexibility index (Phi) is 2.54. The van der Waals surface area contributed by atoms with Gasteiger partial charge in [0.2, 0.25) is 0 Å². The molecule has 0 spiro atoms. The highest BCUT2D eigenvalue weighted by atomic mass is 35.5. The summed E-state index contributed by atoms with van der Waals surface area (Å²) >= 11 is 5.76. The van der Waals surface area contributed by atoms with Gasteiger partial charge in [0, 0.05) is 17.5 Å². The second-order valence-electron chi connectivity index (χ2n) is 3.58. The van der Waals surface area contributed by atoms with E-state index in [1.165, 1.54) is 4.90 Å². The van der Waals surface area contributed by atoms with E-state index in [0.29, 0.717) is 11.6 Å². The second kappa shape index (κ2) is 3.72. The van der Waals surface area contributed by atoms with Gasteiger partial charge in [0.15, 0.2) is 0 Å². The summed E-state index contributed by atoms with van der Waals surface area (Å²) in [5, 5.41) is 9.41. The Morgan fingerprint density at radius 2 is 2.07 bits per heavy atom. The molecule has 2 rings (SSSR count). The van der Waals surface area contributed by atoms with Gasteiger partial charge < -0.3 is 10.8 Å². The molecule has 0 bridgehead atoms. The van der Waals surface area contributed by atoms with Crippen LogP contribution in [-0.4, -0.2) is 28.8 Å². The zero-order chi connectivity index (χ0) is 11.0. The van der Waals surface area contributed by atoms with Gasteiger partial charge in [-0.05, 0) is 17.7 Å². The molecule has 2 unspecified atom stereocenters. The lowest BCUT2D eigenvalue weighted by Crippen LogP contribution is -2.61. The van der Waals surface area contributed by atoms with Crippen molar-refractivity contribution in [1.82, 2.24) is 4.90 Å². The number of hydrogen-bond donors (Lipinski definition) is 2. The molecule has 80 valence electrons. The van der Waals surface area contributed by atoms with Crippen molar-refractivity contribution in [3.05, 3.63) is 34.9 Å². The number of halogens is 1. The molecule has 0 radical (unpaired) electrons. The molecular formula is C10H11ClN2O2. The van der Waals surface area contributed by atoms with Gasteiger partial charge in [-0.2, -0.15) is 0 Å². The van der Waals surface area contributed by atoms with E-state index in [-0.39, 0.29) is 5.92 Å². The number of likely N-dealkylation sites (tertiary alicyclic amines) is 1. The van der Waals surface area contributed by atoms with Crippen molar-refractivity contribution in [1.29, 1.82) is 0 Å². The maximum atomic E-state index is 10.6. The first-order valence-corrected chi connectivity index (χ1v) is 4.98. The zero-order valence-electron chi connectivity index (χ0n) is 7.93. The highest BCUT2D eigenvalue weighted by Gasteiger charge is 2.40. The Hall–Kier alpha value is -1.26. The molecule has 1 aromatic rings. The van der Waals surface area contributed by atoms with Crippen molar-refractivity contribution >= 4 is 17.7 Å². The van der Waals surface area contributed by atoms with Crippen molar-refractivity contribution in [2.45, 2.75) is 12.1 Å². The number of carboxylic acid groups (broad SMARTS) is 1. The largest absolute Gasteiger partial charge is 0.465 e. The van der Waals surface area contributed by atoms with Gasteiger partial charge in [0.25, 0.3) is 0 Å². The fraction of sp³-hybridized carbons (Fsp3) is 0.300. The molecule has 5 heteroatoms. The molecule has 2 atom stereocenters. The fourth-order valence-corrected chi connectivity index (χ4v) is 1.87. The number of amides is 1. The number of carbonyl (C=O) groups is 1. The molecule has 1 aliphatic rings. The van der Waals surface area contributed by atoms with Crippen LogP contribution in [0.3, 0.4) is 0 Å². The van der Waals surface area contributed by atoms with Crippen LogP contribution in [0.5, 0.6) is 0 Å². The third-order valence-electron chi connectivity index (χ3n) is 2.71. The summed E-state index contributed by atoms with van der Waals surface area (Å²) < 4.78 is 0. The first kappa shape index (κ1) is 10.3. The lowest BCUT2D eigenvalue weighted by atomic mass is 9.88. The monoisotopic (exact) mass is 226 g/mol. The van der Waals surface area contributed by atoms with E-state index < -0.39 is 12.3 Å². The molecule has 1 amide bonds. The summed E-state index contributed by atoms with van der Waals surface area (Å²) in [5.74, 6) is 0.0818. The van der Waals surface area contributed by atoms with Crippen LogP contribution in [0, 0.1) is 0 Å². The minimum atomic E-state index is -0.965. The summed E-state index contributed by atoms with van der Waals surface area (Å²) in [6.45, 7) is 0.456. The van der Waals surface area contributed by atoms with Gasteiger partial charge in [-0.15, -0.1) is 0 Å². The molecule has 15 heavy (non-hydrogen) atoms. The molecule has 1 saturated heterocycles. The first-order chi connectivity index (χ1) is 7.09. The Labute approximate surface area is 92.2 Å². The third kappa shape index (κ3) is 1.78. The summed E-state index contributed by atoms with van der Waals surface area (Å²) in [4.78, 5) is 11.9. The van der Waals surface area contributed by atoms with Crippen LogP contribution < -0.4 is 5.73 Å². The Balaban J connectivity index is 2.09. The highest BCUT2D eigenvalue weighted by Crippen LogP contribution is 2.31. The van der Waals surface area contributed by atoms with Gasteiger partial charge in [-0.1, -0.05) is 23.7 Å². The maximum Gasteiger partial charge on any atom is 0.408 e. The lowest BCUT2D eigenvalue weighted by Gasteiger charge is -2.44. The van der Waals surface area contributed by atoms with E-state index in [1.54, 1.807) is 12.1 Å². The molecule has 0 aromatic heterocycles. The van der Waals surface area contributed by atoms with E-state index in [0.717, 1.165) is 5.56 Å². The van der Waals surface area contributed by atoms with Gasteiger partial charge in [0.1, 0.15) is 0 Å². The standard InChI is InChI=1S/C10H11ClN2O2/c11-7-3-1-6(2-4-7)8-5-13(9(8)12)10(14)15/h1-4,8-9H,5,12H2,(H,14,15). The van der Waals surface area contributed by atoms with Crippen LogP contribution in [0.1, 0.15) is 11.5 Å². The minimum Gasteiger partial charge on any atom is -0.465 e. The minimum absolute atomic E-state index is 0.0818. The molecule has 1 heterocycles. The Morgan fingerprint density at radius 3 is 2.53 bits per heavy atom. The zero-order valence-corrected chi connectivity index (χ0v) is 8.69. The number of hydrogen-bond acceptors (Lipinski definition) is 2. The number of benzene rings is 1. The van der Waals surface area contributed by atoms with Crippen molar-refractivity contribution in [2.75, 3.05) is 6.54 Å². The van der Waals surface area contributed by atoms with E-state index >= 15 is 0 Å². The van der Waals surface area contributed by atoms with Crippen LogP contribution in [0.25, 0.3) is 0 Å². The number of rotatable bonds is 1. The molecule has 4 nitrogen and oxygen atoms in total. The van der Waals surface area contributed by atoms with Crippen LogP contribution in [-0.2, 0) is 0 Å². The maximum absolute atomic E-state index is 10.6. The summed E-state index contributed by atoms with van der Waals surface area (Å²) in [7, 11) is 0. The molecule has 1 aromatic carbocycles. The molecule has 1 aliphatic heterocycles. The molecule has 0 aliphatic carbocycles. The van der Waals surface area contributed by atoms with E-state index in [9.17, 15) is 4.79 Å². The van der Waals surface area contributed by atoms with Crippen molar-refractivity contribution < 1.29 is 9.90 Å². The first-order valence-electron chi connectivity index (χ1n) is 4.60. The fourth-order valence-electron chi connectivity index (χ4n) is 1.74. The average Bonchev–Trinajstić information content (AvgIpc) is 2.18. The Bertz CT molecular complexity index is 380. The molecular weight excluding hydrogens is 216 g/mol. The Morgan fingerprint density at radius 1 is 1.47 bits per heavy atom. The summed E-state index contributed by atoms with van der Waals surface area (Å²) in [6.07, 6.45) is -1.41. The second-order valence-corrected chi connectivity index (χ2v) is 4.02. The van der Waals surface area contributed by atoms with Crippen molar-refractivity contribution in [3.63, 3.8) is 0 Å². The molecule has 1 fully saturated rings. The smallest absolute Gasteiger partial charge is 0.408 e. The van der Waals surface area contributed by atoms with Crippen molar-refractivity contribution in [2.24, 2.45) is 5.73 Å². The van der Waals surface area contributed by atoms with Gasteiger partial charge >= 0.3 is 6.09 Å². The normalized spacial score (nSPS) is 24.8. The van der Waals surface area contributed by atoms with Crippen LogP contribution in [0.2, 0.25) is 5.02 Å². The predicted octanol–water partition coefficient (Wildman–Crippen LogP) is 1.70. The molecule has 3 N–H and O–H groups in total. The quantitative estimate of drug-likeness (QED) is 0.766. The van der Waals surface area contributed by atoms with Gasteiger partial charge in [0.05, 0.1) is 6.17 Å². The molecule has 0 saturated carbocycles. The topological polar surface area (TPSA) is 66.6 Å². The average molecular weight is 227 g/mol. The van der Waals surface area contributed by atoms with Crippen molar-refractivity contribution in [3.8, 4) is 0 Å². The highest BCUT2D eigenvalue weighted by molar-refractivity contribution is 6.30.